The molecule has 1 rings (SSSR count). The average molecular weight is 300 g/mol. The number of aliphatic carboxylic acids is 1. The van der Waals surface area contributed by atoms with E-state index >= 15 is 0 Å². The molecular weight excluding hydrogens is 276 g/mol. The molecule has 120 valence electrons. The van der Waals surface area contributed by atoms with E-state index in [1.165, 1.54) is 7.11 Å². The van der Waals surface area contributed by atoms with Gasteiger partial charge < -0.3 is 20.9 Å². The number of nitrogens with two attached hydrogens (primary N) is 1. The topological polar surface area (TPSA) is 119 Å². The maximum Gasteiger partial charge on any atom is 0.326 e. The Morgan fingerprint density at radius 2 is 1.90 bits per heavy atom. The molecule has 0 saturated heterocycles. The summed E-state index contributed by atoms with van der Waals surface area (Å²) in [4.78, 5) is 34.1. The first-order valence-electron chi connectivity index (χ1n) is 7.24. The van der Waals surface area contributed by atoms with Crippen LogP contribution in [0.2, 0.25) is 0 Å². The number of ether oxygens (including phenoxy) is 1. The summed E-state index contributed by atoms with van der Waals surface area (Å²) >= 11 is 0. The van der Waals surface area contributed by atoms with Crippen LogP contribution in [0.4, 0.5) is 0 Å². The van der Waals surface area contributed by atoms with Crippen LogP contribution in [0.25, 0.3) is 0 Å². The highest BCUT2D eigenvalue weighted by atomic mass is 16.5. The molecule has 7 heteroatoms. The van der Waals surface area contributed by atoms with Crippen molar-refractivity contribution in [1.29, 1.82) is 0 Å². The fourth-order valence-electron chi connectivity index (χ4n) is 2.62. The third-order valence-electron chi connectivity index (χ3n) is 3.86. The van der Waals surface area contributed by atoms with Gasteiger partial charge in [0.05, 0.1) is 7.11 Å². The Bertz CT molecular complexity index is 391. The van der Waals surface area contributed by atoms with Crippen molar-refractivity contribution < 1.29 is 24.2 Å². The Morgan fingerprint density at radius 3 is 2.43 bits per heavy atom. The van der Waals surface area contributed by atoms with Crippen molar-refractivity contribution in [2.75, 3.05) is 7.11 Å². The summed E-state index contributed by atoms with van der Waals surface area (Å²) < 4.78 is 4.46. The first-order chi connectivity index (χ1) is 9.86. The Kier molecular flexibility index (Phi) is 6.61. The van der Waals surface area contributed by atoms with Gasteiger partial charge in [0.2, 0.25) is 5.91 Å². The molecule has 4 N–H and O–H groups in total. The molecule has 21 heavy (non-hydrogen) atoms. The highest BCUT2D eigenvalue weighted by Gasteiger charge is 2.31. The van der Waals surface area contributed by atoms with Gasteiger partial charge in [-0.3, -0.25) is 9.59 Å². The number of esters is 1. The average Bonchev–Trinajstić information content (AvgIpc) is 2.42. The van der Waals surface area contributed by atoms with Crippen molar-refractivity contribution in [1.82, 2.24) is 5.32 Å². The number of carboxylic acid groups (broad SMARTS) is 1. The molecule has 0 unspecified atom stereocenters. The smallest absolute Gasteiger partial charge is 0.326 e. The first kappa shape index (κ1) is 17.4. The van der Waals surface area contributed by atoms with Crippen molar-refractivity contribution >= 4 is 17.8 Å². The number of methoxy groups -OCH3 is 1. The minimum absolute atomic E-state index is 0.00528. The van der Waals surface area contributed by atoms with E-state index in [-0.39, 0.29) is 25.2 Å². The van der Waals surface area contributed by atoms with Crippen molar-refractivity contribution in [2.45, 2.75) is 62.9 Å². The largest absolute Gasteiger partial charge is 0.480 e. The van der Waals surface area contributed by atoms with Crippen LogP contribution in [-0.2, 0) is 19.1 Å². The number of carboxylic acids is 1. The predicted octanol–water partition coefficient (Wildman–Crippen LogP) is 0.561. The van der Waals surface area contributed by atoms with Crippen molar-refractivity contribution in [3.63, 3.8) is 0 Å². The standard InChI is InChI=1S/C14H24N2O5/c1-21-12(18)6-5-10(13(19)20)16-11(17)9-14(15)7-3-2-4-8-14/h10H,2-9,15H2,1H3,(H,16,17)(H,19,20)/t10-/m1/s1. The molecule has 0 radical (unpaired) electrons. The Balaban J connectivity index is 2.48. The fourth-order valence-corrected chi connectivity index (χ4v) is 2.62. The number of rotatable bonds is 7. The van der Waals surface area contributed by atoms with Gasteiger partial charge >= 0.3 is 11.9 Å². The zero-order valence-corrected chi connectivity index (χ0v) is 12.4. The molecule has 0 spiro atoms. The highest BCUT2D eigenvalue weighted by molar-refractivity contribution is 5.84. The Morgan fingerprint density at radius 1 is 1.29 bits per heavy atom. The maximum absolute atomic E-state index is 12.0. The van der Waals surface area contributed by atoms with E-state index in [0.29, 0.717) is 0 Å². The second-order valence-corrected chi connectivity index (χ2v) is 5.67. The molecule has 1 amide bonds. The van der Waals surface area contributed by atoms with Crippen LogP contribution in [0, 0.1) is 0 Å². The summed E-state index contributed by atoms with van der Waals surface area (Å²) in [6.07, 6.45) is 4.74. The lowest BCUT2D eigenvalue weighted by molar-refractivity contribution is -0.144. The van der Waals surface area contributed by atoms with Crippen LogP contribution in [0.5, 0.6) is 0 Å². The first-order valence-corrected chi connectivity index (χ1v) is 7.24. The zero-order valence-electron chi connectivity index (χ0n) is 12.4. The van der Waals surface area contributed by atoms with Crippen molar-refractivity contribution in [2.24, 2.45) is 5.73 Å². The monoisotopic (exact) mass is 300 g/mol. The minimum atomic E-state index is -1.16. The molecule has 0 heterocycles. The number of nitrogens with one attached hydrogen (secondary N) is 1. The molecule has 1 atom stereocenters. The van der Waals surface area contributed by atoms with Crippen LogP contribution in [0.15, 0.2) is 0 Å². The van der Waals surface area contributed by atoms with Gasteiger partial charge in [-0.25, -0.2) is 4.79 Å². The molecule has 1 aliphatic rings. The van der Waals surface area contributed by atoms with Gasteiger partial charge in [0.15, 0.2) is 0 Å². The van der Waals surface area contributed by atoms with Gasteiger partial charge in [0.25, 0.3) is 0 Å². The Labute approximate surface area is 124 Å². The molecule has 1 aliphatic carbocycles. The normalized spacial score (nSPS) is 18.6. The SMILES string of the molecule is COC(=O)CC[C@@H](NC(=O)CC1(N)CCCCC1)C(=O)O. The van der Waals surface area contributed by atoms with E-state index in [0.717, 1.165) is 32.1 Å². The highest BCUT2D eigenvalue weighted by Crippen LogP contribution is 2.28. The van der Waals surface area contributed by atoms with Gasteiger partial charge in [-0.1, -0.05) is 19.3 Å². The van der Waals surface area contributed by atoms with Crippen LogP contribution >= 0.6 is 0 Å². The van der Waals surface area contributed by atoms with E-state index in [2.05, 4.69) is 10.1 Å². The molecule has 0 aromatic carbocycles. The molecule has 0 aliphatic heterocycles. The summed E-state index contributed by atoms with van der Waals surface area (Å²) in [6, 6.07) is -1.09. The number of amides is 1. The van der Waals surface area contributed by atoms with Crippen molar-refractivity contribution in [3.8, 4) is 0 Å². The molecule has 1 saturated carbocycles. The molecular formula is C14H24N2O5. The van der Waals surface area contributed by atoms with Gasteiger partial charge in [-0.05, 0) is 19.3 Å². The fraction of sp³-hybridized carbons (Fsp3) is 0.786. The van der Waals surface area contributed by atoms with Gasteiger partial charge in [-0.2, -0.15) is 0 Å². The lowest BCUT2D eigenvalue weighted by Gasteiger charge is -2.33. The third kappa shape index (κ3) is 6.12. The number of hydrogen-bond donors (Lipinski definition) is 3. The van der Waals surface area contributed by atoms with E-state index in [1.54, 1.807) is 0 Å². The molecule has 0 aromatic heterocycles. The van der Waals surface area contributed by atoms with Crippen LogP contribution in [0.1, 0.15) is 51.4 Å². The van der Waals surface area contributed by atoms with Crippen molar-refractivity contribution in [3.05, 3.63) is 0 Å². The second-order valence-electron chi connectivity index (χ2n) is 5.67. The maximum atomic E-state index is 12.0. The lowest BCUT2D eigenvalue weighted by atomic mass is 9.80. The third-order valence-corrected chi connectivity index (χ3v) is 3.86. The Hall–Kier alpha value is -1.63. The lowest BCUT2D eigenvalue weighted by Crippen LogP contribution is -2.49. The number of carbonyl (C=O) groups is 3. The quantitative estimate of drug-likeness (QED) is 0.591. The predicted molar refractivity (Wildman–Crippen MR) is 75.4 cm³/mol. The minimum Gasteiger partial charge on any atom is -0.480 e. The summed E-state index contributed by atoms with van der Waals surface area (Å²) in [5.41, 5.74) is 5.64. The molecule has 0 bridgehead atoms. The zero-order chi connectivity index (χ0) is 15.9. The second kappa shape index (κ2) is 7.97. The van der Waals surface area contributed by atoms with Crippen LogP contribution < -0.4 is 11.1 Å². The molecule has 7 nitrogen and oxygen atoms in total. The summed E-state index contributed by atoms with van der Waals surface area (Å²) in [5.74, 6) is -2.04. The molecule has 0 aromatic rings. The van der Waals surface area contributed by atoms with E-state index in [1.807, 2.05) is 0 Å². The summed E-state index contributed by atoms with van der Waals surface area (Å²) in [7, 11) is 1.23. The van der Waals surface area contributed by atoms with Gasteiger partial charge in [0.1, 0.15) is 6.04 Å². The number of carbonyl (C=O) groups excluding carboxylic acids is 2. The van der Waals surface area contributed by atoms with E-state index < -0.39 is 23.5 Å². The van der Waals surface area contributed by atoms with E-state index in [4.69, 9.17) is 10.8 Å². The van der Waals surface area contributed by atoms with Gasteiger partial charge in [0, 0.05) is 18.4 Å². The van der Waals surface area contributed by atoms with Gasteiger partial charge in [-0.15, -0.1) is 0 Å². The van der Waals surface area contributed by atoms with E-state index in [9.17, 15) is 14.4 Å². The number of hydrogen-bond acceptors (Lipinski definition) is 5. The summed E-state index contributed by atoms with van der Waals surface area (Å²) in [5, 5.41) is 11.5. The van der Waals surface area contributed by atoms with Crippen LogP contribution in [0.3, 0.4) is 0 Å². The summed E-state index contributed by atoms with van der Waals surface area (Å²) in [6.45, 7) is 0. The van der Waals surface area contributed by atoms with Crippen LogP contribution in [-0.4, -0.2) is 41.6 Å². The molecule has 1 fully saturated rings.